The quantitative estimate of drug-likeness (QED) is 0.0646. The van der Waals surface area contributed by atoms with E-state index in [1.807, 2.05) is 0 Å². The molecule has 0 aliphatic heterocycles. The van der Waals surface area contributed by atoms with E-state index in [0.29, 0.717) is 30.4 Å². The molecule has 0 aromatic heterocycles. The number of rotatable bonds is 15. The van der Waals surface area contributed by atoms with Crippen LogP contribution in [-0.4, -0.2) is 118 Å². The number of benzene rings is 1. The van der Waals surface area contributed by atoms with Gasteiger partial charge in [0.2, 0.25) is 5.78 Å². The van der Waals surface area contributed by atoms with Crippen molar-refractivity contribution in [3.8, 4) is 11.5 Å². The Morgan fingerprint density at radius 1 is 1.04 bits per heavy atom. The summed E-state index contributed by atoms with van der Waals surface area (Å²) in [5, 5.41) is 53.2. The second kappa shape index (κ2) is 16.9. The molecule has 1 aromatic rings. The molecule has 3 saturated carbocycles. The molecule has 0 saturated heterocycles. The van der Waals surface area contributed by atoms with Crippen LogP contribution in [0.2, 0.25) is 0 Å². The first-order valence-electron chi connectivity index (χ1n) is 18.1. The maximum atomic E-state index is 17.3. The Kier molecular flexibility index (Phi) is 12.8. The number of fused-ring (bicyclic) bond motifs is 5. The van der Waals surface area contributed by atoms with Crippen LogP contribution in [0.1, 0.15) is 57.9 Å². The van der Waals surface area contributed by atoms with E-state index in [9.17, 15) is 39.3 Å². The Labute approximate surface area is 321 Å². The van der Waals surface area contributed by atoms with Gasteiger partial charge in [-0.15, -0.1) is 0 Å². The lowest BCUT2D eigenvalue weighted by molar-refractivity contribution is -0.492. The molecule has 0 heterocycles. The number of carbonyl (C=O) groups excluding carboxylic acids is 5. The number of ether oxygens (including phenoxy) is 4. The van der Waals surface area contributed by atoms with Gasteiger partial charge >= 0.3 is 18.0 Å². The standard InChI is InChI=1S/C38H47FN2O15/c1-35-13-12-24(42)17-23(35)8-9-25-26-18-29(43)38(49,36(26,2)19-30(44)37(25,35)39)31(45)21-54-33(47)20-40-34(48)56-27-10-6-22(16-28(27)52-3)7-11-32(46)53-14-4-5-15-55-41(50)51/h6-7,10-13,16-17,25-26,29-30,43-44,49-51H,4-5,8-9,14-15,18-21H2,1-3H3,(H,40,48)/b11-7+/t25-,26-,29+,30-,35-,36-,37-,38-/m0/s1. The monoisotopic (exact) mass is 790 g/mol. The van der Waals surface area contributed by atoms with E-state index in [1.54, 1.807) is 6.92 Å². The third-order valence-electron chi connectivity index (χ3n) is 11.8. The summed E-state index contributed by atoms with van der Waals surface area (Å²) in [6, 6.07) is 4.34. The summed E-state index contributed by atoms with van der Waals surface area (Å²) >= 11 is 0. The molecule has 56 heavy (non-hydrogen) atoms. The molecular formula is C38H47FN2O15. The molecule has 0 radical (unpaired) electrons. The van der Waals surface area contributed by atoms with Crippen molar-refractivity contribution in [2.75, 3.05) is 33.5 Å². The maximum absolute atomic E-state index is 17.3. The van der Waals surface area contributed by atoms with Gasteiger partial charge in [0.15, 0.2) is 35.2 Å². The predicted octanol–water partition coefficient (Wildman–Crippen LogP) is 2.32. The summed E-state index contributed by atoms with van der Waals surface area (Å²) in [7, 11) is 1.31. The highest BCUT2D eigenvalue weighted by atomic mass is 19.1. The Balaban J connectivity index is 1.12. The molecule has 306 valence electrons. The summed E-state index contributed by atoms with van der Waals surface area (Å²) < 4.78 is 37.9. The second-order valence-corrected chi connectivity index (χ2v) is 14.8. The fourth-order valence-corrected chi connectivity index (χ4v) is 8.92. The van der Waals surface area contributed by atoms with E-state index in [2.05, 4.69) is 10.2 Å². The molecule has 3 fully saturated rings. The van der Waals surface area contributed by atoms with E-state index in [1.165, 1.54) is 62.6 Å². The number of hydrogen-bond acceptors (Lipinski definition) is 16. The fourth-order valence-electron chi connectivity index (χ4n) is 8.92. The third kappa shape index (κ3) is 8.00. The number of amides is 1. The van der Waals surface area contributed by atoms with E-state index < -0.39 is 88.5 Å². The van der Waals surface area contributed by atoms with Crippen molar-refractivity contribution < 1.29 is 77.9 Å². The van der Waals surface area contributed by atoms with Crippen LogP contribution in [0, 0.1) is 22.7 Å². The number of unbranched alkanes of at least 4 members (excludes halogenated alkanes) is 1. The molecule has 6 N–H and O–H groups in total. The van der Waals surface area contributed by atoms with Crippen molar-refractivity contribution in [2.24, 2.45) is 22.7 Å². The minimum atomic E-state index is -2.50. The number of alkyl halides is 1. The summed E-state index contributed by atoms with van der Waals surface area (Å²) in [5.41, 5.74) is -6.51. The van der Waals surface area contributed by atoms with Gasteiger partial charge < -0.3 is 39.6 Å². The van der Waals surface area contributed by atoms with Gasteiger partial charge in [0.1, 0.15) is 6.54 Å². The molecule has 1 aromatic carbocycles. The maximum Gasteiger partial charge on any atom is 0.413 e. The number of halogens is 1. The molecule has 17 nitrogen and oxygen atoms in total. The number of hydrogen-bond donors (Lipinski definition) is 6. The van der Waals surface area contributed by atoms with Crippen molar-refractivity contribution in [1.29, 1.82) is 0 Å². The normalized spacial score (nSPS) is 31.9. The van der Waals surface area contributed by atoms with Crippen LogP contribution in [0.15, 0.2) is 48.1 Å². The number of carbonyl (C=O) groups is 5. The zero-order chi connectivity index (χ0) is 41.1. The van der Waals surface area contributed by atoms with Crippen molar-refractivity contribution in [3.63, 3.8) is 0 Å². The zero-order valence-corrected chi connectivity index (χ0v) is 31.1. The first-order chi connectivity index (χ1) is 26.4. The Bertz CT molecular complexity index is 1800. The van der Waals surface area contributed by atoms with Crippen molar-refractivity contribution in [2.45, 2.75) is 75.9 Å². The van der Waals surface area contributed by atoms with Gasteiger partial charge in [-0.05, 0) is 87.3 Å². The molecule has 4 aliphatic rings. The number of ketones is 2. The van der Waals surface area contributed by atoms with Crippen LogP contribution < -0.4 is 14.8 Å². The van der Waals surface area contributed by atoms with Crippen LogP contribution >= 0.6 is 0 Å². The van der Waals surface area contributed by atoms with Crippen LogP contribution in [0.25, 0.3) is 6.08 Å². The number of nitrogens with zero attached hydrogens (tertiary/aromatic N) is 1. The highest BCUT2D eigenvalue weighted by Gasteiger charge is 2.76. The predicted molar refractivity (Wildman–Crippen MR) is 188 cm³/mol. The summed E-state index contributed by atoms with van der Waals surface area (Å²) in [6.45, 7) is 1.49. The van der Waals surface area contributed by atoms with Crippen LogP contribution in [0.4, 0.5) is 9.18 Å². The van der Waals surface area contributed by atoms with Crippen LogP contribution in [0.3, 0.4) is 0 Å². The van der Waals surface area contributed by atoms with E-state index >= 15 is 4.39 Å². The van der Waals surface area contributed by atoms with Gasteiger partial charge in [-0.2, -0.15) is 0 Å². The number of allylic oxidation sites excluding steroid dienone is 4. The molecular weight excluding hydrogens is 743 g/mol. The third-order valence-corrected chi connectivity index (χ3v) is 11.8. The van der Waals surface area contributed by atoms with Crippen LogP contribution in [-0.2, 0) is 33.5 Å². The average molecular weight is 791 g/mol. The fraction of sp³-hybridized carbons (Fsp3) is 0.553. The minimum Gasteiger partial charge on any atom is -0.493 e. The molecule has 5 rings (SSSR count). The molecule has 0 unspecified atom stereocenters. The summed E-state index contributed by atoms with van der Waals surface area (Å²) in [5.74, 6) is -4.60. The van der Waals surface area contributed by atoms with Crippen molar-refractivity contribution in [3.05, 3.63) is 53.6 Å². The molecule has 8 atom stereocenters. The minimum absolute atomic E-state index is 0.0116. The van der Waals surface area contributed by atoms with Gasteiger partial charge in [0, 0.05) is 22.8 Å². The highest BCUT2D eigenvalue weighted by molar-refractivity contribution is 6.01. The van der Waals surface area contributed by atoms with Gasteiger partial charge in [0.05, 0.1) is 37.9 Å². The van der Waals surface area contributed by atoms with Crippen LogP contribution in [0.5, 0.6) is 11.5 Å². The van der Waals surface area contributed by atoms with Gasteiger partial charge in [-0.1, -0.05) is 24.6 Å². The number of aliphatic hydroxyl groups excluding tert-OH is 2. The van der Waals surface area contributed by atoms with E-state index in [0.717, 1.165) is 0 Å². The van der Waals surface area contributed by atoms with Gasteiger partial charge in [0.25, 0.3) is 0 Å². The number of Topliss-reactive ketones (excluding diaryl/α,β-unsaturated/α-hetero) is 1. The summed E-state index contributed by atoms with van der Waals surface area (Å²) in [6.07, 6.45) is 3.16. The smallest absolute Gasteiger partial charge is 0.413 e. The first-order valence-corrected chi connectivity index (χ1v) is 18.1. The van der Waals surface area contributed by atoms with Crippen molar-refractivity contribution >= 4 is 35.7 Å². The zero-order valence-electron chi connectivity index (χ0n) is 31.1. The molecule has 4 aliphatic carbocycles. The first kappa shape index (κ1) is 42.6. The largest absolute Gasteiger partial charge is 0.493 e. The number of aliphatic hydroxyl groups is 3. The van der Waals surface area contributed by atoms with Crippen molar-refractivity contribution in [1.82, 2.24) is 10.7 Å². The lowest BCUT2D eigenvalue weighted by Gasteiger charge is -2.62. The molecule has 0 spiro atoms. The highest BCUT2D eigenvalue weighted by Crippen LogP contribution is 2.69. The van der Waals surface area contributed by atoms with E-state index in [4.69, 9.17) is 29.4 Å². The topological polar surface area (TPSA) is 248 Å². The molecule has 0 bridgehead atoms. The number of methoxy groups -OCH3 is 1. The van der Waals surface area contributed by atoms with E-state index in [-0.39, 0.29) is 49.8 Å². The lowest BCUT2D eigenvalue weighted by Crippen LogP contribution is -2.69. The Morgan fingerprint density at radius 3 is 2.48 bits per heavy atom. The Hall–Kier alpha value is -4.56. The SMILES string of the molecule is COc1cc(/C=C/C(=O)OCCCCON(O)O)ccc1OC(=O)NCC(=O)OCC(=O)[C@@]1(O)[C@H](O)C[C@H]2[C@@H]3CCC4=CC(=O)C=C[C@]4(C)[C@@]3(F)[C@@H](O)C[C@@]21C. The molecule has 18 heteroatoms. The van der Waals surface area contributed by atoms with Gasteiger partial charge in [-0.25, -0.2) is 14.0 Å². The number of esters is 2. The number of nitrogens with one attached hydrogen (secondary N) is 1. The summed E-state index contributed by atoms with van der Waals surface area (Å²) in [4.78, 5) is 67.1. The second-order valence-electron chi connectivity index (χ2n) is 14.8. The van der Waals surface area contributed by atoms with Gasteiger partial charge in [-0.3, -0.25) is 29.6 Å². The molecule has 1 amide bonds. The lowest BCUT2D eigenvalue weighted by atomic mass is 9.44. The average Bonchev–Trinajstić information content (AvgIpc) is 3.35. The Morgan fingerprint density at radius 2 is 1.77 bits per heavy atom.